The summed E-state index contributed by atoms with van der Waals surface area (Å²) in [5, 5.41) is 10.1. The van der Waals surface area contributed by atoms with Crippen LogP contribution in [-0.2, 0) is 5.75 Å². The zero-order valence-electron chi connectivity index (χ0n) is 11.0. The van der Waals surface area contributed by atoms with Gasteiger partial charge < -0.3 is 9.52 Å². The standard InChI is InChI=1S/C15H18O3S/c1-2-3-6-9-19-10-12-11-7-4-5-8-13(11)18-14(12)15(16)17/h4-5,7-8H,2-3,6,9-10H2,1H3,(H,16,17). The molecule has 2 aromatic rings. The van der Waals surface area contributed by atoms with Crippen LogP contribution in [0.4, 0.5) is 0 Å². The Labute approximate surface area is 117 Å². The number of hydrogen-bond acceptors (Lipinski definition) is 3. The highest BCUT2D eigenvalue weighted by Crippen LogP contribution is 2.29. The van der Waals surface area contributed by atoms with E-state index >= 15 is 0 Å². The molecular weight excluding hydrogens is 260 g/mol. The summed E-state index contributed by atoms with van der Waals surface area (Å²) in [4.78, 5) is 11.2. The van der Waals surface area contributed by atoms with Crippen LogP contribution in [0, 0.1) is 0 Å². The zero-order valence-corrected chi connectivity index (χ0v) is 11.8. The summed E-state index contributed by atoms with van der Waals surface area (Å²) in [6.07, 6.45) is 3.61. The second-order valence-electron chi connectivity index (χ2n) is 4.47. The van der Waals surface area contributed by atoms with E-state index in [-0.39, 0.29) is 5.76 Å². The van der Waals surface area contributed by atoms with Crippen molar-refractivity contribution < 1.29 is 14.3 Å². The first-order chi connectivity index (χ1) is 9.24. The molecule has 0 unspecified atom stereocenters. The summed E-state index contributed by atoms with van der Waals surface area (Å²) < 4.78 is 5.43. The first kappa shape index (κ1) is 14.0. The molecule has 0 bridgehead atoms. The Morgan fingerprint density at radius 1 is 1.32 bits per heavy atom. The third-order valence-electron chi connectivity index (χ3n) is 3.03. The minimum atomic E-state index is -0.986. The van der Waals surface area contributed by atoms with E-state index in [1.807, 2.05) is 24.3 Å². The molecular formula is C15H18O3S. The fourth-order valence-electron chi connectivity index (χ4n) is 2.04. The molecule has 1 aromatic heterocycles. The van der Waals surface area contributed by atoms with Crippen LogP contribution in [-0.4, -0.2) is 16.8 Å². The lowest BCUT2D eigenvalue weighted by atomic mass is 10.1. The van der Waals surface area contributed by atoms with Crippen LogP contribution >= 0.6 is 11.8 Å². The third-order valence-corrected chi connectivity index (χ3v) is 4.10. The van der Waals surface area contributed by atoms with Crippen molar-refractivity contribution in [2.45, 2.75) is 31.9 Å². The van der Waals surface area contributed by atoms with Crippen LogP contribution in [0.1, 0.15) is 42.3 Å². The topological polar surface area (TPSA) is 50.4 Å². The maximum Gasteiger partial charge on any atom is 0.372 e. The molecule has 0 saturated carbocycles. The molecule has 0 radical (unpaired) electrons. The predicted octanol–water partition coefficient (Wildman–Crippen LogP) is 4.55. The van der Waals surface area contributed by atoms with E-state index in [1.54, 1.807) is 11.8 Å². The van der Waals surface area contributed by atoms with Crippen molar-refractivity contribution in [1.29, 1.82) is 0 Å². The monoisotopic (exact) mass is 278 g/mol. The molecule has 0 spiro atoms. The molecule has 2 rings (SSSR count). The number of carboxylic acids is 1. The van der Waals surface area contributed by atoms with Gasteiger partial charge in [-0.3, -0.25) is 0 Å². The van der Waals surface area contributed by atoms with Gasteiger partial charge in [-0.2, -0.15) is 11.8 Å². The van der Waals surface area contributed by atoms with E-state index in [1.165, 1.54) is 19.3 Å². The average Bonchev–Trinajstić information content (AvgIpc) is 2.78. The van der Waals surface area contributed by atoms with E-state index in [0.29, 0.717) is 11.3 Å². The van der Waals surface area contributed by atoms with Crippen LogP contribution in [0.25, 0.3) is 11.0 Å². The number of fused-ring (bicyclic) bond motifs is 1. The van der Waals surface area contributed by atoms with Crippen LogP contribution in [0.3, 0.4) is 0 Å². The summed E-state index contributed by atoms with van der Waals surface area (Å²) in [6.45, 7) is 2.18. The Morgan fingerprint density at radius 3 is 2.84 bits per heavy atom. The van der Waals surface area contributed by atoms with Crippen LogP contribution in [0.2, 0.25) is 0 Å². The van der Waals surface area contributed by atoms with Gasteiger partial charge in [-0.1, -0.05) is 38.0 Å². The van der Waals surface area contributed by atoms with E-state index in [9.17, 15) is 9.90 Å². The minimum absolute atomic E-state index is 0.0872. The highest BCUT2D eigenvalue weighted by Gasteiger charge is 2.19. The van der Waals surface area contributed by atoms with E-state index in [2.05, 4.69) is 6.92 Å². The second kappa shape index (κ2) is 6.66. The van der Waals surface area contributed by atoms with Crippen LogP contribution < -0.4 is 0 Å². The lowest BCUT2D eigenvalue weighted by Gasteiger charge is -2.01. The minimum Gasteiger partial charge on any atom is -0.475 e. The van der Waals surface area contributed by atoms with Gasteiger partial charge in [0.2, 0.25) is 5.76 Å². The summed E-state index contributed by atoms with van der Waals surface area (Å²) in [6, 6.07) is 7.50. The third kappa shape index (κ3) is 3.32. The Kier molecular flexibility index (Phi) is 4.91. The fourth-order valence-corrected chi connectivity index (χ4v) is 3.09. The molecule has 1 heterocycles. The van der Waals surface area contributed by atoms with Crippen molar-refractivity contribution in [3.05, 3.63) is 35.6 Å². The van der Waals surface area contributed by atoms with Gasteiger partial charge in [0.1, 0.15) is 5.58 Å². The predicted molar refractivity (Wildman–Crippen MR) is 78.9 cm³/mol. The summed E-state index contributed by atoms with van der Waals surface area (Å²) in [5.41, 5.74) is 1.47. The number of furan rings is 1. The average molecular weight is 278 g/mol. The number of carboxylic acid groups (broad SMARTS) is 1. The molecule has 1 aromatic carbocycles. The normalized spacial score (nSPS) is 11.0. The smallest absolute Gasteiger partial charge is 0.372 e. The largest absolute Gasteiger partial charge is 0.475 e. The Hall–Kier alpha value is -1.42. The van der Waals surface area contributed by atoms with Crippen molar-refractivity contribution in [3.63, 3.8) is 0 Å². The summed E-state index contributed by atoms with van der Waals surface area (Å²) in [5.74, 6) is 0.860. The van der Waals surface area contributed by atoms with Gasteiger partial charge in [0.15, 0.2) is 0 Å². The maximum absolute atomic E-state index is 11.2. The molecule has 0 saturated heterocycles. The lowest BCUT2D eigenvalue weighted by molar-refractivity contribution is 0.0664. The molecule has 3 nitrogen and oxygen atoms in total. The molecule has 102 valence electrons. The van der Waals surface area contributed by atoms with Crippen LogP contribution in [0.15, 0.2) is 28.7 Å². The number of benzene rings is 1. The van der Waals surface area contributed by atoms with E-state index in [0.717, 1.165) is 16.7 Å². The lowest BCUT2D eigenvalue weighted by Crippen LogP contribution is -1.98. The number of thioether (sulfide) groups is 1. The van der Waals surface area contributed by atoms with Crippen molar-refractivity contribution in [3.8, 4) is 0 Å². The zero-order chi connectivity index (χ0) is 13.7. The highest BCUT2D eigenvalue weighted by molar-refractivity contribution is 7.98. The van der Waals surface area contributed by atoms with E-state index < -0.39 is 5.97 Å². The Balaban J connectivity index is 2.15. The molecule has 0 amide bonds. The molecule has 19 heavy (non-hydrogen) atoms. The molecule has 1 N–H and O–H groups in total. The molecule has 0 aliphatic heterocycles. The highest BCUT2D eigenvalue weighted by atomic mass is 32.2. The maximum atomic E-state index is 11.2. The van der Waals surface area contributed by atoms with Gasteiger partial charge >= 0.3 is 5.97 Å². The number of aromatic carboxylic acids is 1. The fraction of sp³-hybridized carbons (Fsp3) is 0.400. The van der Waals surface area contributed by atoms with Crippen molar-refractivity contribution in [2.75, 3.05) is 5.75 Å². The number of unbranched alkanes of at least 4 members (excludes halogenated alkanes) is 2. The molecule has 4 heteroatoms. The molecule has 0 aliphatic rings. The van der Waals surface area contributed by atoms with Crippen molar-refractivity contribution >= 4 is 28.7 Å². The molecule has 0 atom stereocenters. The molecule has 0 aliphatic carbocycles. The van der Waals surface area contributed by atoms with E-state index in [4.69, 9.17) is 4.42 Å². The first-order valence-corrected chi connectivity index (χ1v) is 7.71. The van der Waals surface area contributed by atoms with Crippen LogP contribution in [0.5, 0.6) is 0 Å². The van der Waals surface area contributed by atoms with Gasteiger partial charge in [0, 0.05) is 16.7 Å². The second-order valence-corrected chi connectivity index (χ2v) is 5.58. The summed E-state index contributed by atoms with van der Waals surface area (Å²) >= 11 is 1.77. The quantitative estimate of drug-likeness (QED) is 0.755. The number of hydrogen-bond donors (Lipinski definition) is 1. The number of carbonyl (C=O) groups is 1. The van der Waals surface area contributed by atoms with Gasteiger partial charge in [-0.25, -0.2) is 4.79 Å². The Morgan fingerprint density at radius 2 is 2.11 bits per heavy atom. The van der Waals surface area contributed by atoms with Gasteiger partial charge in [-0.05, 0) is 18.2 Å². The van der Waals surface area contributed by atoms with Crippen molar-refractivity contribution in [2.24, 2.45) is 0 Å². The summed E-state index contributed by atoms with van der Waals surface area (Å²) in [7, 11) is 0. The number of para-hydroxylation sites is 1. The van der Waals surface area contributed by atoms with Gasteiger partial charge in [0.05, 0.1) is 0 Å². The Bertz CT molecular complexity index is 560. The SMILES string of the molecule is CCCCCSCc1c(C(=O)O)oc2ccccc12. The van der Waals surface area contributed by atoms with Crippen molar-refractivity contribution in [1.82, 2.24) is 0 Å². The van der Waals surface area contributed by atoms with Gasteiger partial charge in [0.25, 0.3) is 0 Å². The first-order valence-electron chi connectivity index (χ1n) is 6.55. The molecule has 0 fully saturated rings. The van der Waals surface area contributed by atoms with Gasteiger partial charge in [-0.15, -0.1) is 0 Å². The number of rotatable bonds is 7.